The number of amides is 2. The molecule has 0 aliphatic carbocycles. The Bertz CT molecular complexity index is 182. The Labute approximate surface area is 78.3 Å². The largest absolute Gasteiger partial charge is 0.358 e. The van der Waals surface area contributed by atoms with E-state index in [4.69, 9.17) is 0 Å². The molecular formula is C8H17N3O2. The van der Waals surface area contributed by atoms with Crippen LogP contribution in [0.5, 0.6) is 0 Å². The van der Waals surface area contributed by atoms with Gasteiger partial charge >= 0.3 is 0 Å². The van der Waals surface area contributed by atoms with E-state index in [1.165, 1.54) is 6.92 Å². The number of hydrogen-bond donors (Lipinski definition) is 3. The van der Waals surface area contributed by atoms with Gasteiger partial charge in [-0.3, -0.25) is 9.59 Å². The molecule has 0 heterocycles. The molecule has 0 spiro atoms. The van der Waals surface area contributed by atoms with E-state index in [0.717, 1.165) is 0 Å². The molecule has 0 aromatic rings. The number of nitrogens with one attached hydrogen (secondary N) is 3. The van der Waals surface area contributed by atoms with Crippen molar-refractivity contribution in [2.24, 2.45) is 0 Å². The van der Waals surface area contributed by atoms with E-state index < -0.39 is 0 Å². The lowest BCUT2D eigenvalue weighted by Crippen LogP contribution is -2.41. The first-order valence-corrected chi connectivity index (χ1v) is 4.24. The van der Waals surface area contributed by atoms with E-state index in [2.05, 4.69) is 16.0 Å². The van der Waals surface area contributed by atoms with Crippen LogP contribution in [-0.4, -0.2) is 38.0 Å². The minimum Gasteiger partial charge on any atom is -0.358 e. The van der Waals surface area contributed by atoms with E-state index in [1.807, 2.05) is 6.92 Å². The highest BCUT2D eigenvalue weighted by molar-refractivity contribution is 5.77. The summed E-state index contributed by atoms with van der Waals surface area (Å²) >= 11 is 0. The Morgan fingerprint density at radius 1 is 1.38 bits per heavy atom. The molecule has 1 unspecified atom stereocenters. The summed E-state index contributed by atoms with van der Waals surface area (Å²) in [5, 5.41) is 8.11. The van der Waals surface area contributed by atoms with Gasteiger partial charge in [-0.1, -0.05) is 0 Å². The van der Waals surface area contributed by atoms with Gasteiger partial charge in [0.05, 0.1) is 6.54 Å². The van der Waals surface area contributed by atoms with E-state index in [0.29, 0.717) is 6.54 Å². The fourth-order valence-electron chi connectivity index (χ4n) is 0.889. The van der Waals surface area contributed by atoms with Crippen LogP contribution >= 0.6 is 0 Å². The zero-order chi connectivity index (χ0) is 10.3. The quantitative estimate of drug-likeness (QED) is 0.509. The maximum Gasteiger partial charge on any atom is 0.233 e. The van der Waals surface area contributed by atoms with Crippen molar-refractivity contribution >= 4 is 11.8 Å². The zero-order valence-corrected chi connectivity index (χ0v) is 8.31. The molecule has 0 aliphatic rings. The van der Waals surface area contributed by atoms with Gasteiger partial charge in [-0.25, -0.2) is 0 Å². The average molecular weight is 187 g/mol. The van der Waals surface area contributed by atoms with Crippen molar-refractivity contribution in [1.82, 2.24) is 16.0 Å². The molecule has 0 fully saturated rings. The molecule has 76 valence electrons. The standard InChI is InChI=1S/C8H17N3O2/c1-6(11-7(2)12)4-10-5-8(13)9-3/h6,10H,4-5H2,1-3H3,(H,9,13)(H,11,12). The lowest BCUT2D eigenvalue weighted by molar-refractivity contribution is -0.119. The number of likely N-dealkylation sites (N-methyl/N-ethyl adjacent to an activating group) is 1. The van der Waals surface area contributed by atoms with Gasteiger partial charge in [-0.15, -0.1) is 0 Å². The van der Waals surface area contributed by atoms with Crippen LogP contribution in [0.15, 0.2) is 0 Å². The fourth-order valence-corrected chi connectivity index (χ4v) is 0.889. The van der Waals surface area contributed by atoms with Crippen molar-refractivity contribution in [3.05, 3.63) is 0 Å². The summed E-state index contributed by atoms with van der Waals surface area (Å²) in [5.41, 5.74) is 0. The lowest BCUT2D eigenvalue weighted by atomic mass is 10.3. The molecule has 0 bridgehead atoms. The second-order valence-corrected chi connectivity index (χ2v) is 2.91. The van der Waals surface area contributed by atoms with E-state index >= 15 is 0 Å². The highest BCUT2D eigenvalue weighted by atomic mass is 16.2. The molecule has 0 aliphatic heterocycles. The Kier molecular flexibility index (Phi) is 5.88. The monoisotopic (exact) mass is 187 g/mol. The summed E-state index contributed by atoms with van der Waals surface area (Å²) in [6.45, 7) is 4.21. The van der Waals surface area contributed by atoms with E-state index in [1.54, 1.807) is 7.05 Å². The van der Waals surface area contributed by atoms with Gasteiger partial charge in [-0.2, -0.15) is 0 Å². The van der Waals surface area contributed by atoms with Gasteiger partial charge in [0.15, 0.2) is 0 Å². The summed E-state index contributed by atoms with van der Waals surface area (Å²) in [7, 11) is 1.58. The van der Waals surface area contributed by atoms with Gasteiger partial charge < -0.3 is 16.0 Å². The van der Waals surface area contributed by atoms with Crippen LogP contribution in [0.1, 0.15) is 13.8 Å². The number of carbonyl (C=O) groups is 2. The minimum absolute atomic E-state index is 0.0437. The molecule has 0 aromatic carbocycles. The summed E-state index contributed by atoms with van der Waals surface area (Å²) in [4.78, 5) is 21.3. The third kappa shape index (κ3) is 7.27. The van der Waals surface area contributed by atoms with Crippen LogP contribution in [0, 0.1) is 0 Å². The smallest absolute Gasteiger partial charge is 0.233 e. The third-order valence-electron chi connectivity index (χ3n) is 1.46. The van der Waals surface area contributed by atoms with E-state index in [9.17, 15) is 9.59 Å². The Morgan fingerprint density at radius 3 is 2.46 bits per heavy atom. The van der Waals surface area contributed by atoms with Crippen molar-refractivity contribution < 1.29 is 9.59 Å². The molecular weight excluding hydrogens is 170 g/mol. The molecule has 2 amide bonds. The summed E-state index contributed by atoms with van der Waals surface area (Å²) in [6.07, 6.45) is 0. The summed E-state index contributed by atoms with van der Waals surface area (Å²) in [5.74, 6) is -0.121. The Balaban J connectivity index is 3.42. The topological polar surface area (TPSA) is 70.2 Å². The number of rotatable bonds is 5. The molecule has 3 N–H and O–H groups in total. The SMILES string of the molecule is CNC(=O)CNCC(C)NC(C)=O. The fraction of sp³-hybridized carbons (Fsp3) is 0.750. The van der Waals surface area contributed by atoms with E-state index in [-0.39, 0.29) is 24.4 Å². The summed E-state index contributed by atoms with van der Waals surface area (Å²) in [6, 6.07) is 0.0437. The first kappa shape index (κ1) is 11.9. The molecule has 0 aromatic heterocycles. The second-order valence-electron chi connectivity index (χ2n) is 2.91. The van der Waals surface area contributed by atoms with Crippen LogP contribution < -0.4 is 16.0 Å². The lowest BCUT2D eigenvalue weighted by Gasteiger charge is -2.12. The Hall–Kier alpha value is -1.10. The second kappa shape index (κ2) is 6.42. The highest BCUT2D eigenvalue weighted by Gasteiger charge is 2.03. The van der Waals surface area contributed by atoms with Crippen molar-refractivity contribution in [2.45, 2.75) is 19.9 Å². The van der Waals surface area contributed by atoms with Crippen LogP contribution in [0.25, 0.3) is 0 Å². The van der Waals surface area contributed by atoms with Gasteiger partial charge in [0, 0.05) is 26.6 Å². The van der Waals surface area contributed by atoms with Crippen molar-refractivity contribution in [1.29, 1.82) is 0 Å². The van der Waals surface area contributed by atoms with Crippen LogP contribution in [-0.2, 0) is 9.59 Å². The minimum atomic E-state index is -0.0609. The molecule has 1 atom stereocenters. The molecule has 5 heteroatoms. The predicted molar refractivity (Wildman–Crippen MR) is 50.2 cm³/mol. The number of hydrogen-bond acceptors (Lipinski definition) is 3. The molecule has 0 saturated carbocycles. The Morgan fingerprint density at radius 2 is 2.00 bits per heavy atom. The highest BCUT2D eigenvalue weighted by Crippen LogP contribution is 1.77. The molecule has 13 heavy (non-hydrogen) atoms. The van der Waals surface area contributed by atoms with Gasteiger partial charge in [0.1, 0.15) is 0 Å². The first-order valence-electron chi connectivity index (χ1n) is 4.24. The van der Waals surface area contributed by atoms with Gasteiger partial charge in [-0.05, 0) is 6.92 Å². The maximum absolute atomic E-state index is 10.8. The molecule has 0 radical (unpaired) electrons. The normalized spacial score (nSPS) is 11.9. The average Bonchev–Trinajstić information content (AvgIpc) is 2.02. The molecule has 0 rings (SSSR count). The van der Waals surface area contributed by atoms with Gasteiger partial charge in [0.25, 0.3) is 0 Å². The maximum atomic E-state index is 10.8. The predicted octanol–water partition coefficient (Wildman–Crippen LogP) is -1.15. The molecule has 0 saturated heterocycles. The van der Waals surface area contributed by atoms with Gasteiger partial charge in [0.2, 0.25) is 11.8 Å². The molecule has 5 nitrogen and oxygen atoms in total. The van der Waals surface area contributed by atoms with Crippen LogP contribution in [0.2, 0.25) is 0 Å². The third-order valence-corrected chi connectivity index (χ3v) is 1.46. The van der Waals surface area contributed by atoms with Crippen LogP contribution in [0.3, 0.4) is 0 Å². The number of carbonyl (C=O) groups excluding carboxylic acids is 2. The first-order chi connectivity index (χ1) is 6.06. The van der Waals surface area contributed by atoms with Crippen LogP contribution in [0.4, 0.5) is 0 Å². The van der Waals surface area contributed by atoms with Crippen molar-refractivity contribution in [3.63, 3.8) is 0 Å². The van der Waals surface area contributed by atoms with Crippen molar-refractivity contribution in [3.8, 4) is 0 Å². The van der Waals surface area contributed by atoms with Crippen molar-refractivity contribution in [2.75, 3.05) is 20.1 Å². The summed E-state index contributed by atoms with van der Waals surface area (Å²) < 4.78 is 0. The zero-order valence-electron chi connectivity index (χ0n) is 8.31.